The SMILES string of the molecule is COc1ccc(C(=O)NN2C(=O)C(c3ccccc3)=C(c3ccccc3)C2=O)cc1. The van der Waals surface area contributed by atoms with Crippen LogP contribution in [0.15, 0.2) is 84.9 Å². The van der Waals surface area contributed by atoms with E-state index in [9.17, 15) is 14.4 Å². The minimum Gasteiger partial charge on any atom is -0.497 e. The summed E-state index contributed by atoms with van der Waals surface area (Å²) in [6.45, 7) is 0. The van der Waals surface area contributed by atoms with Gasteiger partial charge in [-0.2, -0.15) is 5.01 Å². The number of carbonyl (C=O) groups is 3. The molecule has 1 aliphatic heterocycles. The second-order valence-corrected chi connectivity index (χ2v) is 6.60. The number of methoxy groups -OCH3 is 1. The zero-order chi connectivity index (χ0) is 21.1. The highest BCUT2D eigenvalue weighted by Crippen LogP contribution is 2.34. The molecule has 0 unspecified atom stereocenters. The molecule has 1 aliphatic rings. The van der Waals surface area contributed by atoms with E-state index in [-0.39, 0.29) is 11.1 Å². The lowest BCUT2D eigenvalue weighted by molar-refractivity contribution is -0.138. The van der Waals surface area contributed by atoms with Crippen molar-refractivity contribution in [3.63, 3.8) is 0 Å². The molecule has 0 aliphatic carbocycles. The molecule has 0 aromatic heterocycles. The van der Waals surface area contributed by atoms with Crippen molar-refractivity contribution in [1.29, 1.82) is 0 Å². The summed E-state index contributed by atoms with van der Waals surface area (Å²) >= 11 is 0. The number of imide groups is 1. The predicted molar refractivity (Wildman–Crippen MR) is 112 cm³/mol. The molecule has 0 fully saturated rings. The number of hydrogen-bond acceptors (Lipinski definition) is 4. The number of hydrogen-bond donors (Lipinski definition) is 1. The van der Waals surface area contributed by atoms with Crippen LogP contribution in [0.3, 0.4) is 0 Å². The summed E-state index contributed by atoms with van der Waals surface area (Å²) in [5.74, 6) is -1.13. The molecular formula is C24H18N2O4. The molecule has 3 amide bonds. The fourth-order valence-corrected chi connectivity index (χ4v) is 3.28. The van der Waals surface area contributed by atoms with Gasteiger partial charge in [0, 0.05) is 5.56 Å². The highest BCUT2D eigenvalue weighted by molar-refractivity contribution is 6.49. The third-order valence-corrected chi connectivity index (χ3v) is 4.77. The smallest absolute Gasteiger partial charge is 0.281 e. The second kappa shape index (κ2) is 8.05. The number of amides is 3. The Balaban J connectivity index is 1.70. The number of hydrazine groups is 1. The van der Waals surface area contributed by atoms with Gasteiger partial charge < -0.3 is 4.74 Å². The summed E-state index contributed by atoms with van der Waals surface area (Å²) in [4.78, 5) is 39.0. The fraction of sp³-hybridized carbons (Fsp3) is 0.0417. The lowest BCUT2D eigenvalue weighted by atomic mass is 9.96. The highest BCUT2D eigenvalue weighted by Gasteiger charge is 2.40. The molecule has 4 rings (SSSR count). The molecule has 1 N–H and O–H groups in total. The largest absolute Gasteiger partial charge is 0.497 e. The molecule has 148 valence electrons. The molecule has 0 radical (unpaired) electrons. The van der Waals surface area contributed by atoms with E-state index in [1.165, 1.54) is 7.11 Å². The molecule has 30 heavy (non-hydrogen) atoms. The van der Waals surface area contributed by atoms with Crippen molar-refractivity contribution < 1.29 is 19.1 Å². The van der Waals surface area contributed by atoms with Crippen molar-refractivity contribution in [1.82, 2.24) is 10.4 Å². The van der Waals surface area contributed by atoms with Gasteiger partial charge in [0.25, 0.3) is 17.7 Å². The minimum absolute atomic E-state index is 0.252. The van der Waals surface area contributed by atoms with Crippen LogP contribution in [0.5, 0.6) is 5.75 Å². The van der Waals surface area contributed by atoms with Gasteiger partial charge >= 0.3 is 0 Å². The summed E-state index contributed by atoms with van der Waals surface area (Å²) in [6, 6.07) is 24.3. The van der Waals surface area contributed by atoms with E-state index in [1.54, 1.807) is 72.8 Å². The number of nitrogens with zero attached hydrogens (tertiary/aromatic N) is 1. The van der Waals surface area contributed by atoms with Gasteiger partial charge in [0.15, 0.2) is 0 Å². The van der Waals surface area contributed by atoms with Gasteiger partial charge in [-0.15, -0.1) is 0 Å². The van der Waals surface area contributed by atoms with Crippen molar-refractivity contribution in [2.24, 2.45) is 0 Å². The third-order valence-electron chi connectivity index (χ3n) is 4.77. The van der Waals surface area contributed by atoms with E-state index in [4.69, 9.17) is 4.74 Å². The summed E-state index contributed by atoms with van der Waals surface area (Å²) in [5.41, 5.74) is 4.46. The molecule has 0 bridgehead atoms. The van der Waals surface area contributed by atoms with Gasteiger partial charge in [0.2, 0.25) is 0 Å². The van der Waals surface area contributed by atoms with Crippen molar-refractivity contribution in [2.45, 2.75) is 0 Å². The van der Waals surface area contributed by atoms with Crippen LogP contribution in [0.25, 0.3) is 11.1 Å². The first-order chi connectivity index (χ1) is 14.6. The van der Waals surface area contributed by atoms with Crippen LogP contribution in [-0.4, -0.2) is 29.8 Å². The first kappa shape index (κ1) is 19.1. The zero-order valence-electron chi connectivity index (χ0n) is 16.2. The fourth-order valence-electron chi connectivity index (χ4n) is 3.28. The van der Waals surface area contributed by atoms with Crippen molar-refractivity contribution in [3.05, 3.63) is 102 Å². The second-order valence-electron chi connectivity index (χ2n) is 6.60. The summed E-state index contributed by atoms with van der Waals surface area (Å²) < 4.78 is 5.09. The molecule has 0 atom stereocenters. The van der Waals surface area contributed by atoms with Crippen LogP contribution in [0, 0.1) is 0 Å². The van der Waals surface area contributed by atoms with Gasteiger partial charge in [-0.25, -0.2) is 0 Å². The summed E-state index contributed by atoms with van der Waals surface area (Å²) in [6.07, 6.45) is 0. The normalized spacial score (nSPS) is 13.6. The molecule has 0 spiro atoms. The maximum absolute atomic E-state index is 13.2. The van der Waals surface area contributed by atoms with E-state index in [0.29, 0.717) is 22.4 Å². The minimum atomic E-state index is -0.577. The number of carbonyl (C=O) groups excluding carboxylic acids is 3. The summed E-state index contributed by atoms with van der Waals surface area (Å²) in [7, 11) is 1.53. The number of ether oxygens (including phenoxy) is 1. The Kier molecular flexibility index (Phi) is 5.13. The van der Waals surface area contributed by atoms with Crippen LogP contribution >= 0.6 is 0 Å². The molecule has 0 saturated heterocycles. The third kappa shape index (κ3) is 3.46. The van der Waals surface area contributed by atoms with Gasteiger partial charge in [-0.05, 0) is 35.4 Å². The quantitative estimate of drug-likeness (QED) is 0.669. The first-order valence-corrected chi connectivity index (χ1v) is 9.29. The Labute approximate surface area is 173 Å². The van der Waals surface area contributed by atoms with Crippen molar-refractivity contribution >= 4 is 28.9 Å². The van der Waals surface area contributed by atoms with Gasteiger partial charge in [-0.1, -0.05) is 60.7 Å². The standard InChI is InChI=1S/C24H18N2O4/c1-30-19-14-12-18(13-15-19)22(27)25-26-23(28)20(16-8-4-2-5-9-16)21(24(26)29)17-10-6-3-7-11-17/h2-15H,1H3,(H,25,27). The van der Waals surface area contributed by atoms with E-state index in [2.05, 4.69) is 5.43 Å². The molecule has 3 aromatic rings. The van der Waals surface area contributed by atoms with E-state index >= 15 is 0 Å². The van der Waals surface area contributed by atoms with Crippen LogP contribution in [0.2, 0.25) is 0 Å². The topological polar surface area (TPSA) is 75.7 Å². The molecule has 6 heteroatoms. The Hall–Kier alpha value is -4.19. The number of rotatable bonds is 5. The Morgan fingerprint density at radius 2 is 1.20 bits per heavy atom. The zero-order valence-corrected chi connectivity index (χ0v) is 16.2. The van der Waals surface area contributed by atoms with Crippen molar-refractivity contribution in [2.75, 3.05) is 7.11 Å². The van der Waals surface area contributed by atoms with Gasteiger partial charge in [0.05, 0.1) is 18.3 Å². The molecule has 0 saturated carbocycles. The van der Waals surface area contributed by atoms with E-state index < -0.39 is 17.7 Å². The van der Waals surface area contributed by atoms with Gasteiger partial charge in [-0.3, -0.25) is 19.8 Å². The van der Waals surface area contributed by atoms with Crippen LogP contribution in [0.4, 0.5) is 0 Å². The first-order valence-electron chi connectivity index (χ1n) is 9.29. The van der Waals surface area contributed by atoms with E-state index in [1.807, 2.05) is 12.1 Å². The summed E-state index contributed by atoms with van der Waals surface area (Å²) in [5, 5.41) is 0.775. The lowest BCUT2D eigenvalue weighted by Crippen LogP contribution is -2.46. The molecule has 3 aromatic carbocycles. The molecule has 1 heterocycles. The van der Waals surface area contributed by atoms with Crippen LogP contribution in [0.1, 0.15) is 21.5 Å². The van der Waals surface area contributed by atoms with Gasteiger partial charge in [0.1, 0.15) is 5.75 Å². The maximum atomic E-state index is 13.2. The van der Waals surface area contributed by atoms with Crippen LogP contribution < -0.4 is 10.2 Å². The highest BCUT2D eigenvalue weighted by atomic mass is 16.5. The molecular weight excluding hydrogens is 380 g/mol. The monoisotopic (exact) mass is 398 g/mol. The average Bonchev–Trinajstić information content (AvgIpc) is 3.05. The Morgan fingerprint density at radius 1 is 0.733 bits per heavy atom. The number of nitrogens with one attached hydrogen (secondary N) is 1. The predicted octanol–water partition coefficient (Wildman–Crippen LogP) is 3.32. The molecule has 6 nitrogen and oxygen atoms in total. The number of benzene rings is 3. The lowest BCUT2D eigenvalue weighted by Gasteiger charge is -2.16. The Bertz CT molecular complexity index is 1080. The van der Waals surface area contributed by atoms with Crippen LogP contribution in [-0.2, 0) is 9.59 Å². The van der Waals surface area contributed by atoms with Crippen molar-refractivity contribution in [3.8, 4) is 5.75 Å². The average molecular weight is 398 g/mol. The maximum Gasteiger partial charge on any atom is 0.281 e. The van der Waals surface area contributed by atoms with E-state index in [0.717, 1.165) is 5.01 Å². The Morgan fingerprint density at radius 3 is 1.63 bits per heavy atom.